The minimum Gasteiger partial charge on any atom is -0.493 e. The zero-order valence-electron chi connectivity index (χ0n) is 13.6. The SMILES string of the molecule is CC(=O)CC(C)c1ccc(C#Cc2ccc3c(c2)CCO3)cc1. The second-order valence-electron chi connectivity index (χ2n) is 6.10. The van der Waals surface area contributed by atoms with Gasteiger partial charge in [-0.2, -0.15) is 0 Å². The third-order valence-electron chi connectivity index (χ3n) is 4.11. The van der Waals surface area contributed by atoms with E-state index in [-0.39, 0.29) is 11.7 Å². The summed E-state index contributed by atoms with van der Waals surface area (Å²) >= 11 is 0. The first-order valence-electron chi connectivity index (χ1n) is 7.99. The molecule has 1 atom stereocenters. The van der Waals surface area contributed by atoms with E-state index in [1.807, 2.05) is 24.3 Å². The van der Waals surface area contributed by atoms with Crippen LogP contribution in [0.25, 0.3) is 0 Å². The van der Waals surface area contributed by atoms with Crippen LogP contribution in [0.1, 0.15) is 48.4 Å². The first-order chi connectivity index (χ1) is 11.1. The van der Waals surface area contributed by atoms with Crippen molar-refractivity contribution in [1.29, 1.82) is 0 Å². The van der Waals surface area contributed by atoms with Gasteiger partial charge in [-0.15, -0.1) is 0 Å². The summed E-state index contributed by atoms with van der Waals surface area (Å²) in [5.74, 6) is 7.88. The monoisotopic (exact) mass is 304 g/mol. The van der Waals surface area contributed by atoms with E-state index in [9.17, 15) is 4.79 Å². The summed E-state index contributed by atoms with van der Waals surface area (Å²) in [6.45, 7) is 4.48. The lowest BCUT2D eigenvalue weighted by Gasteiger charge is -2.09. The molecule has 1 unspecified atom stereocenters. The lowest BCUT2D eigenvalue weighted by atomic mass is 9.95. The molecule has 0 spiro atoms. The fourth-order valence-corrected chi connectivity index (χ4v) is 2.85. The molecule has 0 aliphatic carbocycles. The van der Waals surface area contributed by atoms with E-state index in [0.29, 0.717) is 6.42 Å². The van der Waals surface area contributed by atoms with Crippen molar-refractivity contribution in [1.82, 2.24) is 0 Å². The maximum absolute atomic E-state index is 11.2. The van der Waals surface area contributed by atoms with E-state index in [1.165, 1.54) is 11.1 Å². The quantitative estimate of drug-likeness (QED) is 0.798. The molecule has 0 saturated heterocycles. The highest BCUT2D eigenvalue weighted by atomic mass is 16.5. The van der Waals surface area contributed by atoms with Crippen LogP contribution in [0.5, 0.6) is 5.75 Å². The summed E-state index contributed by atoms with van der Waals surface area (Å²) in [6, 6.07) is 14.3. The van der Waals surface area contributed by atoms with Gasteiger partial charge in [-0.1, -0.05) is 30.9 Å². The predicted octanol–water partition coefficient (Wildman–Crippen LogP) is 4.10. The van der Waals surface area contributed by atoms with Gasteiger partial charge in [0.25, 0.3) is 0 Å². The Balaban J connectivity index is 1.73. The van der Waals surface area contributed by atoms with Crippen LogP contribution >= 0.6 is 0 Å². The van der Waals surface area contributed by atoms with Gasteiger partial charge < -0.3 is 9.53 Å². The van der Waals surface area contributed by atoms with Crippen LogP contribution in [0.4, 0.5) is 0 Å². The normalized spacial score (nSPS) is 13.5. The van der Waals surface area contributed by atoms with Gasteiger partial charge in [0.05, 0.1) is 6.61 Å². The van der Waals surface area contributed by atoms with Crippen molar-refractivity contribution in [2.24, 2.45) is 0 Å². The molecular weight excluding hydrogens is 284 g/mol. The van der Waals surface area contributed by atoms with Crippen LogP contribution in [-0.4, -0.2) is 12.4 Å². The number of Topliss-reactive ketones (excluding diaryl/α,β-unsaturated/α-hetero) is 1. The summed E-state index contributed by atoms with van der Waals surface area (Å²) in [5.41, 5.74) is 4.43. The first-order valence-corrected chi connectivity index (χ1v) is 7.99. The molecule has 0 radical (unpaired) electrons. The molecular formula is C21H20O2. The van der Waals surface area contributed by atoms with E-state index in [2.05, 4.69) is 37.0 Å². The van der Waals surface area contributed by atoms with Crippen LogP contribution < -0.4 is 4.74 Å². The molecule has 0 fully saturated rings. The minimum absolute atomic E-state index is 0.224. The van der Waals surface area contributed by atoms with Gasteiger partial charge in [0.1, 0.15) is 11.5 Å². The van der Waals surface area contributed by atoms with Gasteiger partial charge in [0, 0.05) is 24.0 Å². The second kappa shape index (κ2) is 6.71. The third-order valence-corrected chi connectivity index (χ3v) is 4.11. The number of ether oxygens (including phenoxy) is 1. The van der Waals surface area contributed by atoms with E-state index in [1.54, 1.807) is 6.92 Å². The average molecular weight is 304 g/mol. The van der Waals surface area contributed by atoms with Crippen LogP contribution in [0.15, 0.2) is 42.5 Å². The van der Waals surface area contributed by atoms with Crippen molar-refractivity contribution < 1.29 is 9.53 Å². The highest BCUT2D eigenvalue weighted by Gasteiger charge is 2.11. The Bertz CT molecular complexity index is 776. The van der Waals surface area contributed by atoms with Gasteiger partial charge in [-0.3, -0.25) is 0 Å². The van der Waals surface area contributed by atoms with Crippen LogP contribution in [0, 0.1) is 11.8 Å². The number of benzene rings is 2. The number of fused-ring (bicyclic) bond motifs is 1. The second-order valence-corrected chi connectivity index (χ2v) is 6.10. The summed E-state index contributed by atoms with van der Waals surface area (Å²) in [4.78, 5) is 11.2. The summed E-state index contributed by atoms with van der Waals surface area (Å²) in [5, 5.41) is 0. The molecule has 116 valence electrons. The molecule has 0 bridgehead atoms. The highest BCUT2D eigenvalue weighted by molar-refractivity contribution is 5.76. The van der Waals surface area contributed by atoms with Gasteiger partial charge in [0.15, 0.2) is 0 Å². The average Bonchev–Trinajstić information content (AvgIpc) is 3.00. The molecule has 0 saturated carbocycles. The summed E-state index contributed by atoms with van der Waals surface area (Å²) < 4.78 is 5.51. The van der Waals surface area contributed by atoms with Gasteiger partial charge in [0.2, 0.25) is 0 Å². The summed E-state index contributed by atoms with van der Waals surface area (Å²) in [7, 11) is 0. The maximum Gasteiger partial charge on any atom is 0.130 e. The Hall–Kier alpha value is -2.53. The number of carbonyl (C=O) groups excluding carboxylic acids is 1. The lowest BCUT2D eigenvalue weighted by molar-refractivity contribution is -0.117. The molecule has 2 aromatic rings. The lowest BCUT2D eigenvalue weighted by Crippen LogP contribution is -2.00. The molecule has 2 heteroatoms. The number of carbonyl (C=O) groups is 1. The van der Waals surface area contributed by atoms with Crippen molar-refractivity contribution in [3.05, 3.63) is 64.7 Å². The van der Waals surface area contributed by atoms with Gasteiger partial charge in [-0.25, -0.2) is 0 Å². The van der Waals surface area contributed by atoms with Crippen molar-refractivity contribution in [2.45, 2.75) is 32.6 Å². The Morgan fingerprint density at radius 1 is 1.13 bits per heavy atom. The van der Waals surface area contributed by atoms with Gasteiger partial charge >= 0.3 is 0 Å². The zero-order valence-corrected chi connectivity index (χ0v) is 13.6. The van der Waals surface area contributed by atoms with E-state index in [0.717, 1.165) is 29.9 Å². The predicted molar refractivity (Wildman–Crippen MR) is 91.8 cm³/mol. The topological polar surface area (TPSA) is 26.3 Å². The molecule has 0 N–H and O–H groups in total. The molecule has 2 aromatic carbocycles. The minimum atomic E-state index is 0.224. The van der Waals surface area contributed by atoms with Gasteiger partial charge in [-0.05, 0) is 54.3 Å². The molecule has 1 heterocycles. The van der Waals surface area contributed by atoms with Crippen LogP contribution in [0.3, 0.4) is 0 Å². The van der Waals surface area contributed by atoms with E-state index in [4.69, 9.17) is 4.74 Å². The summed E-state index contributed by atoms with van der Waals surface area (Å²) in [6.07, 6.45) is 1.55. The number of hydrogen-bond donors (Lipinski definition) is 0. The molecule has 3 rings (SSSR count). The molecule has 1 aliphatic heterocycles. The van der Waals surface area contributed by atoms with Crippen molar-refractivity contribution >= 4 is 5.78 Å². The third kappa shape index (κ3) is 3.81. The van der Waals surface area contributed by atoms with Crippen molar-refractivity contribution in [2.75, 3.05) is 6.61 Å². The number of hydrogen-bond acceptors (Lipinski definition) is 2. The molecule has 1 aliphatic rings. The highest BCUT2D eigenvalue weighted by Crippen LogP contribution is 2.25. The molecule has 2 nitrogen and oxygen atoms in total. The zero-order chi connectivity index (χ0) is 16.2. The smallest absolute Gasteiger partial charge is 0.130 e. The van der Waals surface area contributed by atoms with Crippen molar-refractivity contribution in [3.63, 3.8) is 0 Å². The largest absolute Gasteiger partial charge is 0.493 e. The standard InChI is InChI=1S/C21H20O2/c1-15(13-16(2)22)19-8-5-17(6-9-19)3-4-18-7-10-21-20(14-18)11-12-23-21/h5-10,14-15H,11-13H2,1-2H3. The fourth-order valence-electron chi connectivity index (χ4n) is 2.85. The Morgan fingerprint density at radius 3 is 2.57 bits per heavy atom. The molecule has 23 heavy (non-hydrogen) atoms. The Labute approximate surface area is 137 Å². The first kappa shape index (κ1) is 15.4. The van der Waals surface area contributed by atoms with E-state index < -0.39 is 0 Å². The van der Waals surface area contributed by atoms with E-state index >= 15 is 0 Å². The Morgan fingerprint density at radius 2 is 1.83 bits per heavy atom. The Kier molecular flexibility index (Phi) is 4.48. The van der Waals surface area contributed by atoms with Crippen LogP contribution in [0.2, 0.25) is 0 Å². The van der Waals surface area contributed by atoms with Crippen LogP contribution in [-0.2, 0) is 11.2 Å². The number of ketones is 1. The molecule has 0 amide bonds. The van der Waals surface area contributed by atoms with Crippen molar-refractivity contribution in [3.8, 4) is 17.6 Å². The fraction of sp³-hybridized carbons (Fsp3) is 0.286. The number of rotatable bonds is 3. The molecule has 0 aromatic heterocycles. The maximum atomic E-state index is 11.2.